The molecule has 142 valence electrons. The zero-order valence-corrected chi connectivity index (χ0v) is 16.4. The number of hydrogen-bond donors (Lipinski definition) is 0. The molecule has 3 heteroatoms. The lowest BCUT2D eigenvalue weighted by atomic mass is 9.89. The first-order valence-electron chi connectivity index (χ1n) is 10.1. The van der Waals surface area contributed by atoms with Gasteiger partial charge in [0, 0.05) is 58.3 Å². The number of para-hydroxylation sites is 1. The quantitative estimate of drug-likeness (QED) is 0.416. The van der Waals surface area contributed by atoms with Gasteiger partial charge in [-0.15, -0.1) is 0 Å². The molecule has 0 amide bonds. The van der Waals surface area contributed by atoms with Gasteiger partial charge in [0.15, 0.2) is 0 Å². The fourth-order valence-corrected chi connectivity index (χ4v) is 4.41. The van der Waals surface area contributed by atoms with E-state index in [0.29, 0.717) is 0 Å². The lowest BCUT2D eigenvalue weighted by Crippen LogP contribution is -2.21. The standard InChI is InChI=1S/C27H19N3/c1-2-9-20-19(8-1)14-15-28-27(20)23-18-29-24-12-4-3-10-21(24)26(23)22-11-7-17-30-16-6-5-13-25(22)30/h1-16,18H,17H2. The van der Waals surface area contributed by atoms with E-state index < -0.39 is 0 Å². The second-order valence-electron chi connectivity index (χ2n) is 7.50. The molecule has 0 radical (unpaired) electrons. The van der Waals surface area contributed by atoms with Crippen LogP contribution in [-0.4, -0.2) is 21.4 Å². The van der Waals surface area contributed by atoms with Crippen molar-refractivity contribution >= 4 is 27.2 Å². The van der Waals surface area contributed by atoms with Gasteiger partial charge >= 0.3 is 0 Å². The number of hydrogen-bond acceptors (Lipinski definition) is 3. The Bertz CT molecular complexity index is 1420. The molecule has 0 fully saturated rings. The van der Waals surface area contributed by atoms with Crippen molar-refractivity contribution in [2.24, 2.45) is 0 Å². The van der Waals surface area contributed by atoms with Crippen molar-refractivity contribution in [1.29, 1.82) is 0 Å². The second-order valence-corrected chi connectivity index (χ2v) is 7.50. The smallest absolute Gasteiger partial charge is 0.0802 e. The monoisotopic (exact) mass is 385 g/mol. The lowest BCUT2D eigenvalue weighted by molar-refractivity contribution is 0.527. The maximum absolute atomic E-state index is 4.81. The summed E-state index contributed by atoms with van der Waals surface area (Å²) in [5, 5.41) is 3.46. The third-order valence-corrected chi connectivity index (χ3v) is 5.78. The van der Waals surface area contributed by atoms with Gasteiger partial charge in [-0.1, -0.05) is 60.7 Å². The van der Waals surface area contributed by atoms with Crippen molar-refractivity contribution in [3.8, 4) is 11.3 Å². The summed E-state index contributed by atoms with van der Waals surface area (Å²) in [6.07, 6.45) is 16.8. The molecule has 0 N–H and O–H groups in total. The number of fused-ring (bicyclic) bond motifs is 3. The Morgan fingerprint density at radius 1 is 0.800 bits per heavy atom. The molecular weight excluding hydrogens is 366 g/mol. The summed E-state index contributed by atoms with van der Waals surface area (Å²) in [5.41, 5.74) is 6.60. The molecule has 0 bridgehead atoms. The van der Waals surface area contributed by atoms with Crippen molar-refractivity contribution < 1.29 is 0 Å². The van der Waals surface area contributed by atoms with Crippen molar-refractivity contribution in [3.05, 3.63) is 115 Å². The summed E-state index contributed by atoms with van der Waals surface area (Å²) < 4.78 is 0. The number of pyridine rings is 2. The van der Waals surface area contributed by atoms with Crippen LogP contribution in [-0.2, 0) is 0 Å². The van der Waals surface area contributed by atoms with E-state index in [4.69, 9.17) is 9.97 Å². The van der Waals surface area contributed by atoms with Crippen LogP contribution in [0.15, 0.2) is 109 Å². The fraction of sp³-hybridized carbons (Fsp3) is 0.0370. The van der Waals surface area contributed by atoms with Gasteiger partial charge in [0.1, 0.15) is 0 Å². The summed E-state index contributed by atoms with van der Waals surface area (Å²) in [6.45, 7) is 0.880. The molecule has 0 aliphatic carbocycles. The van der Waals surface area contributed by atoms with E-state index in [1.165, 1.54) is 22.2 Å². The number of rotatable bonds is 2. The Morgan fingerprint density at radius 2 is 1.67 bits per heavy atom. The molecule has 0 saturated carbocycles. The molecule has 6 rings (SSSR count). The highest BCUT2D eigenvalue weighted by molar-refractivity contribution is 6.05. The van der Waals surface area contributed by atoms with Crippen LogP contribution in [0.2, 0.25) is 0 Å². The van der Waals surface area contributed by atoms with Gasteiger partial charge in [-0.3, -0.25) is 9.97 Å². The first-order valence-corrected chi connectivity index (χ1v) is 10.1. The van der Waals surface area contributed by atoms with Gasteiger partial charge in [-0.25, -0.2) is 0 Å². The van der Waals surface area contributed by atoms with Gasteiger partial charge in [0.05, 0.1) is 11.2 Å². The highest BCUT2D eigenvalue weighted by Crippen LogP contribution is 2.40. The topological polar surface area (TPSA) is 29.0 Å². The van der Waals surface area contributed by atoms with Gasteiger partial charge < -0.3 is 4.90 Å². The summed E-state index contributed by atoms with van der Waals surface area (Å²) in [4.78, 5) is 11.9. The Labute approximate surface area is 175 Å². The summed E-state index contributed by atoms with van der Waals surface area (Å²) >= 11 is 0. The normalized spacial score (nSPS) is 15.3. The molecular formula is C27H19N3. The first kappa shape index (κ1) is 16.9. The van der Waals surface area contributed by atoms with Gasteiger partial charge in [0.25, 0.3) is 0 Å². The number of nitrogens with zero attached hydrogens (tertiary/aromatic N) is 3. The Balaban J connectivity index is 1.73. The van der Waals surface area contributed by atoms with Crippen LogP contribution < -0.4 is 0 Å². The Kier molecular flexibility index (Phi) is 3.85. The van der Waals surface area contributed by atoms with Gasteiger partial charge in [0.2, 0.25) is 0 Å². The minimum absolute atomic E-state index is 0.880. The predicted molar refractivity (Wildman–Crippen MR) is 124 cm³/mol. The zero-order valence-electron chi connectivity index (χ0n) is 16.4. The predicted octanol–water partition coefficient (Wildman–Crippen LogP) is 6.12. The highest BCUT2D eigenvalue weighted by atomic mass is 15.1. The summed E-state index contributed by atoms with van der Waals surface area (Å²) in [7, 11) is 0. The van der Waals surface area contributed by atoms with Crippen LogP contribution in [0, 0.1) is 0 Å². The molecule has 2 aliphatic rings. The van der Waals surface area contributed by atoms with Gasteiger partial charge in [-0.2, -0.15) is 0 Å². The van der Waals surface area contributed by atoms with Crippen LogP contribution >= 0.6 is 0 Å². The van der Waals surface area contributed by atoms with E-state index in [1.54, 1.807) is 0 Å². The van der Waals surface area contributed by atoms with Crippen molar-refractivity contribution in [3.63, 3.8) is 0 Å². The molecule has 0 saturated heterocycles. The van der Waals surface area contributed by atoms with Crippen molar-refractivity contribution in [2.75, 3.05) is 6.54 Å². The fourth-order valence-electron chi connectivity index (χ4n) is 4.41. The third-order valence-electron chi connectivity index (χ3n) is 5.78. The first-order chi connectivity index (χ1) is 14.9. The molecule has 30 heavy (non-hydrogen) atoms. The zero-order chi connectivity index (χ0) is 19.9. The maximum Gasteiger partial charge on any atom is 0.0802 e. The Hall–Kier alpha value is -3.98. The van der Waals surface area contributed by atoms with Crippen molar-refractivity contribution in [2.45, 2.75) is 0 Å². The van der Waals surface area contributed by atoms with Crippen LogP contribution in [0.25, 0.3) is 38.5 Å². The molecule has 2 aliphatic heterocycles. The minimum atomic E-state index is 0.880. The van der Waals surface area contributed by atoms with E-state index in [9.17, 15) is 0 Å². The Morgan fingerprint density at radius 3 is 2.63 bits per heavy atom. The number of benzene rings is 2. The highest BCUT2D eigenvalue weighted by Gasteiger charge is 2.22. The average molecular weight is 385 g/mol. The van der Waals surface area contributed by atoms with Crippen LogP contribution in [0.1, 0.15) is 5.56 Å². The van der Waals surface area contributed by atoms with E-state index in [0.717, 1.165) is 34.1 Å². The largest absolute Gasteiger partial charge is 0.344 e. The van der Waals surface area contributed by atoms with E-state index in [2.05, 4.69) is 90.0 Å². The van der Waals surface area contributed by atoms with E-state index in [1.807, 2.05) is 18.5 Å². The summed E-state index contributed by atoms with van der Waals surface area (Å²) in [5.74, 6) is 0. The molecule has 0 atom stereocenters. The van der Waals surface area contributed by atoms with Crippen LogP contribution in [0.3, 0.4) is 0 Å². The molecule has 4 aromatic rings. The average Bonchev–Trinajstić information content (AvgIpc) is 2.83. The summed E-state index contributed by atoms with van der Waals surface area (Å²) in [6, 6.07) is 18.8. The molecule has 2 aromatic heterocycles. The second kappa shape index (κ2) is 6.82. The molecule has 2 aromatic carbocycles. The lowest BCUT2D eigenvalue weighted by Gasteiger charge is -2.29. The van der Waals surface area contributed by atoms with E-state index in [-0.39, 0.29) is 0 Å². The molecule has 3 nitrogen and oxygen atoms in total. The van der Waals surface area contributed by atoms with E-state index >= 15 is 0 Å². The third kappa shape index (κ3) is 2.60. The molecule has 4 heterocycles. The molecule has 0 spiro atoms. The van der Waals surface area contributed by atoms with Gasteiger partial charge in [-0.05, 0) is 29.7 Å². The number of allylic oxidation sites excluding steroid dienone is 5. The molecule has 0 unspecified atom stereocenters. The SMILES string of the molecule is C1=CC2=C(c3c(-c4nccc5ccccc45)cnc4ccccc34)C=CCN2C=C1. The van der Waals surface area contributed by atoms with Crippen LogP contribution in [0.5, 0.6) is 0 Å². The minimum Gasteiger partial charge on any atom is -0.344 e. The van der Waals surface area contributed by atoms with Crippen LogP contribution in [0.4, 0.5) is 0 Å². The maximum atomic E-state index is 4.81. The van der Waals surface area contributed by atoms with Crippen molar-refractivity contribution in [1.82, 2.24) is 14.9 Å². The number of aromatic nitrogens is 2.